The van der Waals surface area contributed by atoms with Gasteiger partial charge in [0.25, 0.3) is 0 Å². The molecule has 2 rings (SSSR count). The van der Waals surface area contributed by atoms with Gasteiger partial charge in [-0.2, -0.15) is 4.31 Å². The van der Waals surface area contributed by atoms with E-state index in [1.165, 1.54) is 16.4 Å². The van der Waals surface area contributed by atoms with Gasteiger partial charge in [0.1, 0.15) is 5.82 Å². The fourth-order valence-electron chi connectivity index (χ4n) is 2.44. The minimum atomic E-state index is -3.83. The maximum Gasteiger partial charge on any atom is 0.243 e. The molecule has 1 aromatic rings. The summed E-state index contributed by atoms with van der Waals surface area (Å²) < 4.78 is 64.9. The lowest BCUT2D eigenvalue weighted by molar-refractivity contribution is 0.303. The first-order valence-corrected chi connectivity index (χ1v) is 10.2. The Morgan fingerprint density at radius 2 is 1.95 bits per heavy atom. The van der Waals surface area contributed by atoms with Gasteiger partial charge in [0.15, 0.2) is 0 Å². The standard InChI is InChI=1S/C13H19FN2O4S2/c1-10-5-6-12(8-13(10)14)22(19,20)16-7-3-4-11(9-16)15-21(2,17)18/h5-6,8,11,15H,3-4,7,9H2,1-2H3. The Morgan fingerprint density at radius 1 is 1.27 bits per heavy atom. The zero-order valence-corrected chi connectivity index (χ0v) is 14.0. The first-order chi connectivity index (χ1) is 10.1. The third-order valence-electron chi connectivity index (χ3n) is 3.55. The molecule has 1 N–H and O–H groups in total. The maximum atomic E-state index is 13.6. The summed E-state index contributed by atoms with van der Waals surface area (Å²) in [5, 5.41) is 0. The van der Waals surface area contributed by atoms with Gasteiger partial charge < -0.3 is 0 Å². The third-order valence-corrected chi connectivity index (χ3v) is 6.17. The lowest BCUT2D eigenvalue weighted by Gasteiger charge is -2.31. The molecule has 1 aliphatic heterocycles. The summed E-state index contributed by atoms with van der Waals surface area (Å²) in [7, 11) is -7.23. The van der Waals surface area contributed by atoms with Crippen molar-refractivity contribution in [1.29, 1.82) is 0 Å². The second kappa shape index (κ2) is 6.23. The summed E-state index contributed by atoms with van der Waals surface area (Å²) in [6, 6.07) is 3.31. The summed E-state index contributed by atoms with van der Waals surface area (Å²) in [4.78, 5) is -0.115. The topological polar surface area (TPSA) is 83.6 Å². The van der Waals surface area contributed by atoms with Crippen LogP contribution in [0.25, 0.3) is 0 Å². The van der Waals surface area contributed by atoms with Crippen LogP contribution in [0.4, 0.5) is 4.39 Å². The van der Waals surface area contributed by atoms with E-state index in [2.05, 4.69) is 4.72 Å². The first-order valence-electron chi connectivity index (χ1n) is 6.83. The van der Waals surface area contributed by atoms with E-state index in [4.69, 9.17) is 0 Å². The number of hydrogen-bond donors (Lipinski definition) is 1. The maximum absolute atomic E-state index is 13.6. The molecule has 1 atom stereocenters. The molecule has 6 nitrogen and oxygen atoms in total. The Balaban J connectivity index is 2.23. The Kier molecular flexibility index (Phi) is 4.90. The van der Waals surface area contributed by atoms with Crippen LogP contribution in [0.2, 0.25) is 0 Å². The number of piperidine rings is 1. The molecule has 0 aromatic heterocycles. The number of nitrogens with zero attached hydrogens (tertiary/aromatic N) is 1. The van der Waals surface area contributed by atoms with Gasteiger partial charge in [-0.1, -0.05) is 6.07 Å². The Hall–Kier alpha value is -1.03. The highest BCUT2D eigenvalue weighted by molar-refractivity contribution is 7.89. The SMILES string of the molecule is Cc1ccc(S(=O)(=O)N2CCCC(NS(C)(=O)=O)C2)cc1F. The van der Waals surface area contributed by atoms with E-state index in [0.29, 0.717) is 24.9 Å². The molecule has 0 aliphatic carbocycles. The molecule has 1 heterocycles. The molecule has 1 aliphatic rings. The number of rotatable bonds is 4. The molecule has 1 aromatic carbocycles. The van der Waals surface area contributed by atoms with E-state index in [9.17, 15) is 21.2 Å². The average Bonchev–Trinajstić information content (AvgIpc) is 2.40. The zero-order valence-electron chi connectivity index (χ0n) is 12.4. The number of sulfonamides is 2. The fourth-order valence-corrected chi connectivity index (χ4v) is 4.78. The van der Waals surface area contributed by atoms with Crippen molar-refractivity contribution in [2.24, 2.45) is 0 Å². The van der Waals surface area contributed by atoms with Gasteiger partial charge >= 0.3 is 0 Å². The van der Waals surface area contributed by atoms with Crippen LogP contribution in [0.1, 0.15) is 18.4 Å². The minimum absolute atomic E-state index is 0.0465. The van der Waals surface area contributed by atoms with Gasteiger partial charge in [-0.3, -0.25) is 0 Å². The van der Waals surface area contributed by atoms with E-state index in [1.54, 1.807) is 6.92 Å². The molecular formula is C13H19FN2O4S2. The molecule has 22 heavy (non-hydrogen) atoms. The Labute approximate surface area is 130 Å². The summed E-state index contributed by atoms with van der Waals surface area (Å²) in [6.45, 7) is 1.89. The van der Waals surface area contributed by atoms with Crippen LogP contribution >= 0.6 is 0 Å². The average molecular weight is 350 g/mol. The lowest BCUT2D eigenvalue weighted by atomic mass is 10.1. The summed E-state index contributed by atoms with van der Waals surface area (Å²) in [5.41, 5.74) is 0.370. The van der Waals surface area contributed by atoms with Gasteiger partial charge in [0, 0.05) is 19.1 Å². The molecule has 0 radical (unpaired) electrons. The second-order valence-electron chi connectivity index (χ2n) is 5.50. The second-order valence-corrected chi connectivity index (χ2v) is 9.22. The number of aryl methyl sites for hydroxylation is 1. The van der Waals surface area contributed by atoms with E-state index < -0.39 is 31.9 Å². The Morgan fingerprint density at radius 3 is 2.55 bits per heavy atom. The predicted octanol–water partition coefficient (Wildman–Crippen LogP) is 0.836. The normalized spacial score (nSPS) is 21.0. The van der Waals surface area contributed by atoms with Crippen LogP contribution < -0.4 is 4.72 Å². The number of halogens is 1. The van der Waals surface area contributed by atoms with Crippen molar-refractivity contribution in [2.45, 2.75) is 30.7 Å². The largest absolute Gasteiger partial charge is 0.243 e. The van der Waals surface area contributed by atoms with Crippen molar-refractivity contribution < 1.29 is 21.2 Å². The summed E-state index contributed by atoms with van der Waals surface area (Å²) >= 11 is 0. The molecule has 9 heteroatoms. The fraction of sp³-hybridized carbons (Fsp3) is 0.538. The van der Waals surface area contributed by atoms with Crippen LogP contribution in [0.3, 0.4) is 0 Å². The van der Waals surface area contributed by atoms with Crippen molar-refractivity contribution in [3.05, 3.63) is 29.6 Å². The molecule has 0 amide bonds. The monoisotopic (exact) mass is 350 g/mol. The Bertz CT molecular complexity index is 762. The van der Waals surface area contributed by atoms with E-state index in [0.717, 1.165) is 12.3 Å². The molecule has 0 bridgehead atoms. The molecule has 1 unspecified atom stereocenters. The molecule has 0 spiro atoms. The summed E-state index contributed by atoms with van der Waals surface area (Å²) in [5.74, 6) is -0.580. The van der Waals surface area contributed by atoms with E-state index in [-0.39, 0.29) is 11.4 Å². The smallest absolute Gasteiger partial charge is 0.213 e. The molecule has 0 saturated carbocycles. The van der Waals surface area contributed by atoms with Crippen molar-refractivity contribution >= 4 is 20.0 Å². The predicted molar refractivity (Wildman–Crippen MR) is 80.9 cm³/mol. The molecule has 1 saturated heterocycles. The van der Waals surface area contributed by atoms with Gasteiger partial charge in [-0.25, -0.2) is 25.9 Å². The molecule has 124 valence electrons. The third kappa shape index (κ3) is 4.03. The highest BCUT2D eigenvalue weighted by Crippen LogP contribution is 2.22. The van der Waals surface area contributed by atoms with Gasteiger partial charge in [-0.05, 0) is 37.5 Å². The van der Waals surface area contributed by atoms with Crippen LogP contribution in [0.15, 0.2) is 23.1 Å². The highest BCUT2D eigenvalue weighted by atomic mass is 32.2. The van der Waals surface area contributed by atoms with Gasteiger partial charge in [-0.15, -0.1) is 0 Å². The van der Waals surface area contributed by atoms with Crippen LogP contribution in [-0.2, 0) is 20.0 Å². The van der Waals surface area contributed by atoms with Crippen LogP contribution in [-0.4, -0.2) is 46.5 Å². The van der Waals surface area contributed by atoms with Gasteiger partial charge in [0.2, 0.25) is 20.0 Å². The van der Waals surface area contributed by atoms with Crippen molar-refractivity contribution in [1.82, 2.24) is 9.03 Å². The van der Waals surface area contributed by atoms with Gasteiger partial charge in [0.05, 0.1) is 11.2 Å². The number of benzene rings is 1. The molecular weight excluding hydrogens is 331 g/mol. The minimum Gasteiger partial charge on any atom is -0.213 e. The molecule has 1 fully saturated rings. The quantitative estimate of drug-likeness (QED) is 0.872. The first kappa shape index (κ1) is 17.3. The lowest BCUT2D eigenvalue weighted by Crippen LogP contribution is -2.49. The van der Waals surface area contributed by atoms with E-state index >= 15 is 0 Å². The zero-order chi connectivity index (χ0) is 16.5. The highest BCUT2D eigenvalue weighted by Gasteiger charge is 2.31. The van der Waals surface area contributed by atoms with E-state index in [1.807, 2.05) is 0 Å². The van der Waals surface area contributed by atoms with Crippen molar-refractivity contribution in [3.63, 3.8) is 0 Å². The number of nitrogens with one attached hydrogen (secondary N) is 1. The summed E-state index contributed by atoms with van der Waals surface area (Å²) in [6.07, 6.45) is 2.15. The van der Waals surface area contributed by atoms with Crippen LogP contribution in [0, 0.1) is 12.7 Å². The number of hydrogen-bond acceptors (Lipinski definition) is 4. The van der Waals surface area contributed by atoms with Crippen molar-refractivity contribution in [2.75, 3.05) is 19.3 Å². The van der Waals surface area contributed by atoms with Crippen LogP contribution in [0.5, 0.6) is 0 Å². The van der Waals surface area contributed by atoms with Crippen molar-refractivity contribution in [3.8, 4) is 0 Å².